The fraction of sp³-hybridized carbons (Fsp3) is 0.529. The number of halogens is 1. The van der Waals surface area contributed by atoms with Crippen molar-refractivity contribution in [2.45, 2.75) is 32.7 Å². The van der Waals surface area contributed by atoms with Gasteiger partial charge in [0.25, 0.3) is 0 Å². The van der Waals surface area contributed by atoms with E-state index in [1.54, 1.807) is 11.3 Å². The highest BCUT2D eigenvalue weighted by Gasteiger charge is 2.19. The van der Waals surface area contributed by atoms with Gasteiger partial charge >= 0.3 is 0 Å². The van der Waals surface area contributed by atoms with Crippen LogP contribution in [0.25, 0.3) is 0 Å². The average molecular weight is 395 g/mol. The van der Waals surface area contributed by atoms with E-state index in [2.05, 4.69) is 48.4 Å². The molecule has 1 fully saturated rings. The molecule has 0 spiro atoms. The molecule has 1 saturated heterocycles. The van der Waals surface area contributed by atoms with Crippen molar-refractivity contribution in [2.75, 3.05) is 25.0 Å². The van der Waals surface area contributed by atoms with Crippen LogP contribution in [0, 0.1) is 5.92 Å². The summed E-state index contributed by atoms with van der Waals surface area (Å²) in [7, 11) is 0. The standard InChI is InChI=1S/C17H23BrN4S/c1-2-17-21-15(12-23-17)11-22-7-5-13(6-8-22)9-19-16-4-3-14(18)10-20-16/h3-4,10,12-13H,2,5-9,11H2,1H3,(H,19,20). The molecule has 3 rings (SSSR count). The molecule has 2 aromatic heterocycles. The lowest BCUT2D eigenvalue weighted by molar-refractivity contribution is 0.181. The number of nitrogens with one attached hydrogen (secondary N) is 1. The Labute approximate surface area is 150 Å². The Hall–Kier alpha value is -0.980. The number of rotatable bonds is 6. The summed E-state index contributed by atoms with van der Waals surface area (Å²) in [5, 5.41) is 6.92. The lowest BCUT2D eigenvalue weighted by atomic mass is 9.96. The summed E-state index contributed by atoms with van der Waals surface area (Å²) in [6.07, 6.45) is 5.37. The van der Waals surface area contributed by atoms with E-state index in [0.717, 1.165) is 35.7 Å². The number of nitrogens with zero attached hydrogens (tertiary/aromatic N) is 3. The first-order valence-electron chi connectivity index (χ1n) is 8.24. The van der Waals surface area contributed by atoms with Crippen LogP contribution in [0.5, 0.6) is 0 Å². The van der Waals surface area contributed by atoms with E-state index < -0.39 is 0 Å². The zero-order chi connectivity index (χ0) is 16.1. The molecule has 0 atom stereocenters. The van der Waals surface area contributed by atoms with E-state index in [9.17, 15) is 0 Å². The first kappa shape index (κ1) is 16.9. The van der Waals surface area contributed by atoms with Crippen LogP contribution in [-0.4, -0.2) is 34.5 Å². The number of aromatic nitrogens is 2. The van der Waals surface area contributed by atoms with Gasteiger partial charge in [0.15, 0.2) is 0 Å². The topological polar surface area (TPSA) is 41.1 Å². The minimum Gasteiger partial charge on any atom is -0.370 e. The van der Waals surface area contributed by atoms with E-state index in [-0.39, 0.29) is 0 Å². The fourth-order valence-corrected chi connectivity index (χ4v) is 3.86. The predicted octanol–water partition coefficient (Wildman–Crippen LogP) is 4.19. The van der Waals surface area contributed by atoms with Crippen molar-refractivity contribution in [3.8, 4) is 0 Å². The van der Waals surface area contributed by atoms with Gasteiger partial charge in [-0.15, -0.1) is 11.3 Å². The smallest absolute Gasteiger partial charge is 0.125 e. The number of hydrogen-bond acceptors (Lipinski definition) is 5. The molecule has 1 N–H and O–H groups in total. The van der Waals surface area contributed by atoms with Crippen molar-refractivity contribution in [1.29, 1.82) is 0 Å². The highest BCUT2D eigenvalue weighted by Crippen LogP contribution is 2.21. The first-order chi connectivity index (χ1) is 11.2. The van der Waals surface area contributed by atoms with Gasteiger partial charge < -0.3 is 5.32 Å². The van der Waals surface area contributed by atoms with E-state index in [0.29, 0.717) is 0 Å². The third-order valence-electron chi connectivity index (χ3n) is 4.29. The Morgan fingerprint density at radius 1 is 1.35 bits per heavy atom. The number of thiazole rings is 1. The summed E-state index contributed by atoms with van der Waals surface area (Å²) in [6, 6.07) is 4.04. The van der Waals surface area contributed by atoms with Gasteiger partial charge in [-0.1, -0.05) is 6.92 Å². The predicted molar refractivity (Wildman–Crippen MR) is 99.9 cm³/mol. The molecule has 0 aromatic carbocycles. The maximum atomic E-state index is 4.68. The maximum Gasteiger partial charge on any atom is 0.125 e. The average Bonchev–Trinajstić information content (AvgIpc) is 3.03. The SMILES string of the molecule is CCc1nc(CN2CCC(CNc3ccc(Br)cn3)CC2)cs1. The minimum atomic E-state index is 0.735. The van der Waals surface area contributed by atoms with Gasteiger partial charge in [-0.25, -0.2) is 9.97 Å². The van der Waals surface area contributed by atoms with Crippen molar-refractivity contribution in [3.05, 3.63) is 38.9 Å². The summed E-state index contributed by atoms with van der Waals surface area (Å²) < 4.78 is 1.02. The number of pyridine rings is 1. The summed E-state index contributed by atoms with van der Waals surface area (Å²) >= 11 is 5.20. The number of aryl methyl sites for hydroxylation is 1. The molecule has 2 aromatic rings. The van der Waals surface area contributed by atoms with Crippen molar-refractivity contribution in [2.24, 2.45) is 5.92 Å². The molecule has 23 heavy (non-hydrogen) atoms. The monoisotopic (exact) mass is 394 g/mol. The van der Waals surface area contributed by atoms with Gasteiger partial charge in [-0.05, 0) is 66.3 Å². The third-order valence-corrected chi connectivity index (χ3v) is 5.80. The van der Waals surface area contributed by atoms with Crippen molar-refractivity contribution >= 4 is 33.1 Å². The van der Waals surface area contributed by atoms with Crippen LogP contribution in [0.1, 0.15) is 30.5 Å². The lowest BCUT2D eigenvalue weighted by Gasteiger charge is -2.31. The second-order valence-corrected chi connectivity index (χ2v) is 7.91. The molecule has 124 valence electrons. The van der Waals surface area contributed by atoms with Crippen LogP contribution >= 0.6 is 27.3 Å². The molecule has 6 heteroatoms. The van der Waals surface area contributed by atoms with Gasteiger partial charge in [-0.3, -0.25) is 4.90 Å². The largest absolute Gasteiger partial charge is 0.370 e. The number of hydrogen-bond donors (Lipinski definition) is 1. The summed E-state index contributed by atoms with van der Waals surface area (Å²) in [4.78, 5) is 11.6. The summed E-state index contributed by atoms with van der Waals surface area (Å²) in [5.41, 5.74) is 1.24. The van der Waals surface area contributed by atoms with Crippen LogP contribution in [0.15, 0.2) is 28.2 Å². The second kappa shape index (κ2) is 8.22. The van der Waals surface area contributed by atoms with Gasteiger partial charge in [0.05, 0.1) is 10.7 Å². The van der Waals surface area contributed by atoms with Crippen LogP contribution in [0.4, 0.5) is 5.82 Å². The molecule has 0 unspecified atom stereocenters. The summed E-state index contributed by atoms with van der Waals surface area (Å²) in [6.45, 7) is 6.52. The van der Waals surface area contributed by atoms with Crippen LogP contribution < -0.4 is 5.32 Å². The molecule has 0 bridgehead atoms. The van der Waals surface area contributed by atoms with Crippen molar-refractivity contribution in [3.63, 3.8) is 0 Å². The van der Waals surface area contributed by atoms with Gasteiger partial charge in [0, 0.05) is 29.1 Å². The zero-order valence-corrected chi connectivity index (χ0v) is 15.9. The van der Waals surface area contributed by atoms with Crippen molar-refractivity contribution < 1.29 is 0 Å². The van der Waals surface area contributed by atoms with Gasteiger partial charge in [0.1, 0.15) is 5.82 Å². The van der Waals surface area contributed by atoms with Gasteiger partial charge in [0.2, 0.25) is 0 Å². The lowest BCUT2D eigenvalue weighted by Crippen LogP contribution is -2.35. The Morgan fingerprint density at radius 2 is 2.17 bits per heavy atom. The van der Waals surface area contributed by atoms with E-state index in [1.165, 1.54) is 36.6 Å². The van der Waals surface area contributed by atoms with E-state index >= 15 is 0 Å². The molecule has 1 aliphatic rings. The van der Waals surface area contributed by atoms with Gasteiger partial charge in [-0.2, -0.15) is 0 Å². The zero-order valence-electron chi connectivity index (χ0n) is 13.5. The molecular formula is C17H23BrN4S. The number of piperidine rings is 1. The first-order valence-corrected chi connectivity index (χ1v) is 9.91. The van der Waals surface area contributed by atoms with E-state index in [4.69, 9.17) is 0 Å². The van der Waals surface area contributed by atoms with Crippen LogP contribution in [0.3, 0.4) is 0 Å². The third kappa shape index (κ3) is 4.99. The number of anilines is 1. The second-order valence-electron chi connectivity index (χ2n) is 6.05. The Bertz CT molecular complexity index is 605. The van der Waals surface area contributed by atoms with Crippen LogP contribution in [0.2, 0.25) is 0 Å². The van der Waals surface area contributed by atoms with Crippen LogP contribution in [-0.2, 0) is 13.0 Å². The van der Waals surface area contributed by atoms with E-state index in [1.807, 2.05) is 18.3 Å². The maximum absolute atomic E-state index is 4.68. The quantitative estimate of drug-likeness (QED) is 0.797. The molecule has 4 nitrogen and oxygen atoms in total. The summed E-state index contributed by atoms with van der Waals surface area (Å²) in [5.74, 6) is 1.70. The molecule has 0 saturated carbocycles. The Kier molecular flexibility index (Phi) is 6.02. The molecule has 0 radical (unpaired) electrons. The van der Waals surface area contributed by atoms with Crippen molar-refractivity contribution in [1.82, 2.24) is 14.9 Å². The highest BCUT2D eigenvalue weighted by atomic mass is 79.9. The molecule has 0 amide bonds. The highest BCUT2D eigenvalue weighted by molar-refractivity contribution is 9.10. The Morgan fingerprint density at radius 3 is 2.83 bits per heavy atom. The number of likely N-dealkylation sites (tertiary alicyclic amines) is 1. The molecule has 3 heterocycles. The molecular weight excluding hydrogens is 372 g/mol. The normalized spacial score (nSPS) is 16.6. The Balaban J connectivity index is 1.40. The fourth-order valence-electron chi connectivity index (χ4n) is 2.89. The minimum absolute atomic E-state index is 0.735. The molecule has 0 aliphatic carbocycles. The molecule has 1 aliphatic heterocycles.